The van der Waals surface area contributed by atoms with Crippen LogP contribution in [0.4, 0.5) is 0 Å². The number of fused-ring (bicyclic) bond motifs is 1. The summed E-state index contributed by atoms with van der Waals surface area (Å²) in [7, 11) is -3.48. The van der Waals surface area contributed by atoms with Crippen molar-refractivity contribution in [1.82, 2.24) is 9.80 Å². The largest absolute Gasteiger partial charge is 0.336 e. The predicted molar refractivity (Wildman–Crippen MR) is 89.3 cm³/mol. The van der Waals surface area contributed by atoms with E-state index in [0.717, 1.165) is 13.0 Å². The average molecular weight is 337 g/mol. The standard InChI is InChI=1S/C16H23N3O3S/c1-11(2)19(10-13-9-12(13)3)16(20)14-5-4-6-18-7-8-23(21,22)17-15(14)18/h4-6,11-13H,7-10H2,1-3H3/t12-,13+/m1/s1. The second-order valence-electron chi connectivity index (χ2n) is 6.84. The Balaban J connectivity index is 1.88. The van der Waals surface area contributed by atoms with E-state index in [-0.39, 0.29) is 23.5 Å². The Hall–Kier alpha value is -1.63. The van der Waals surface area contributed by atoms with Gasteiger partial charge in [0.25, 0.3) is 15.9 Å². The molecule has 3 aliphatic rings. The van der Waals surface area contributed by atoms with E-state index < -0.39 is 10.0 Å². The maximum Gasteiger partial charge on any atom is 0.257 e. The molecule has 2 heterocycles. The second kappa shape index (κ2) is 5.78. The summed E-state index contributed by atoms with van der Waals surface area (Å²) < 4.78 is 27.5. The molecule has 1 aliphatic carbocycles. The number of amides is 1. The molecule has 2 atom stereocenters. The van der Waals surface area contributed by atoms with Crippen LogP contribution >= 0.6 is 0 Å². The highest BCUT2D eigenvalue weighted by atomic mass is 32.2. The molecule has 0 unspecified atom stereocenters. The van der Waals surface area contributed by atoms with Crippen LogP contribution in [-0.2, 0) is 14.8 Å². The number of carbonyl (C=O) groups is 1. The van der Waals surface area contributed by atoms with Gasteiger partial charge in [-0.05, 0) is 44.3 Å². The minimum Gasteiger partial charge on any atom is -0.336 e. The molecule has 0 spiro atoms. The van der Waals surface area contributed by atoms with E-state index in [2.05, 4.69) is 11.3 Å². The van der Waals surface area contributed by atoms with Crippen LogP contribution in [0.25, 0.3) is 0 Å². The summed E-state index contributed by atoms with van der Waals surface area (Å²) in [5.74, 6) is 1.32. The van der Waals surface area contributed by atoms with Crippen LogP contribution in [0.15, 0.2) is 28.3 Å². The normalized spacial score (nSPS) is 28.1. The van der Waals surface area contributed by atoms with Crippen LogP contribution in [-0.4, -0.2) is 54.8 Å². The van der Waals surface area contributed by atoms with Gasteiger partial charge in [0.1, 0.15) is 0 Å². The summed E-state index contributed by atoms with van der Waals surface area (Å²) in [6.45, 7) is 7.22. The molecule has 0 aromatic heterocycles. The Labute approximate surface area is 137 Å². The SMILES string of the molecule is CC(C)N(C[C@@H]1C[C@H]1C)C(=O)C1=CC=CN2CCS(=O)(=O)N=C12. The molecule has 2 aliphatic heterocycles. The van der Waals surface area contributed by atoms with Crippen molar-refractivity contribution < 1.29 is 13.2 Å². The van der Waals surface area contributed by atoms with Gasteiger partial charge in [-0.1, -0.05) is 6.92 Å². The van der Waals surface area contributed by atoms with Gasteiger partial charge in [0.2, 0.25) is 0 Å². The Kier molecular flexibility index (Phi) is 4.08. The van der Waals surface area contributed by atoms with Crippen LogP contribution in [0.2, 0.25) is 0 Å². The number of rotatable bonds is 4. The zero-order valence-corrected chi connectivity index (χ0v) is 14.6. The fraction of sp³-hybridized carbons (Fsp3) is 0.625. The first-order valence-corrected chi connectivity index (χ1v) is 9.68. The smallest absolute Gasteiger partial charge is 0.257 e. The van der Waals surface area contributed by atoms with Gasteiger partial charge in [-0.2, -0.15) is 0 Å². The summed E-state index contributed by atoms with van der Waals surface area (Å²) in [5.41, 5.74) is 0.373. The minimum atomic E-state index is -3.48. The number of sulfonamides is 1. The van der Waals surface area contributed by atoms with E-state index in [1.54, 1.807) is 23.3 Å². The summed E-state index contributed by atoms with van der Waals surface area (Å²) in [6.07, 6.45) is 6.37. The lowest BCUT2D eigenvalue weighted by Crippen LogP contribution is -2.46. The van der Waals surface area contributed by atoms with Crippen LogP contribution in [0, 0.1) is 11.8 Å². The Morgan fingerprint density at radius 2 is 2.17 bits per heavy atom. The summed E-state index contributed by atoms with van der Waals surface area (Å²) in [5, 5.41) is 0. The summed E-state index contributed by atoms with van der Waals surface area (Å²) in [4.78, 5) is 16.6. The molecule has 7 heteroatoms. The maximum absolute atomic E-state index is 13.0. The van der Waals surface area contributed by atoms with Crippen molar-refractivity contribution in [2.75, 3.05) is 18.8 Å². The molecule has 1 saturated carbocycles. The first-order chi connectivity index (χ1) is 10.8. The zero-order valence-electron chi connectivity index (χ0n) is 13.8. The fourth-order valence-corrected chi connectivity index (χ4v) is 3.96. The van der Waals surface area contributed by atoms with Gasteiger partial charge in [0.15, 0.2) is 5.84 Å². The molecule has 0 bridgehead atoms. The zero-order chi connectivity index (χ0) is 16.8. The minimum absolute atomic E-state index is 0.0181. The van der Waals surface area contributed by atoms with Crippen LogP contribution < -0.4 is 0 Å². The third-order valence-corrected chi connectivity index (χ3v) is 5.83. The van der Waals surface area contributed by atoms with E-state index in [9.17, 15) is 13.2 Å². The van der Waals surface area contributed by atoms with Crippen molar-refractivity contribution in [3.63, 3.8) is 0 Å². The lowest BCUT2D eigenvalue weighted by molar-refractivity contribution is -0.128. The van der Waals surface area contributed by atoms with E-state index in [1.165, 1.54) is 0 Å². The summed E-state index contributed by atoms with van der Waals surface area (Å²) in [6, 6.07) is 0.0661. The number of allylic oxidation sites excluding steroid dienone is 2. The molecule has 1 amide bonds. The molecule has 6 nitrogen and oxygen atoms in total. The molecule has 0 aromatic rings. The van der Waals surface area contributed by atoms with Gasteiger partial charge >= 0.3 is 0 Å². The third kappa shape index (κ3) is 3.34. The number of amidine groups is 1. The molecule has 0 saturated heterocycles. The van der Waals surface area contributed by atoms with Gasteiger partial charge in [0.05, 0.1) is 11.3 Å². The highest BCUT2D eigenvalue weighted by Crippen LogP contribution is 2.38. The van der Waals surface area contributed by atoms with Crippen molar-refractivity contribution in [2.45, 2.75) is 33.2 Å². The molecule has 3 rings (SSSR count). The molecular weight excluding hydrogens is 314 g/mol. The Bertz CT molecular complexity index is 706. The highest BCUT2D eigenvalue weighted by molar-refractivity contribution is 7.90. The highest BCUT2D eigenvalue weighted by Gasteiger charge is 2.38. The van der Waals surface area contributed by atoms with Gasteiger partial charge in [-0.3, -0.25) is 4.79 Å². The van der Waals surface area contributed by atoms with E-state index in [4.69, 9.17) is 0 Å². The van der Waals surface area contributed by atoms with Crippen LogP contribution in [0.1, 0.15) is 27.2 Å². The molecule has 0 aromatic carbocycles. The number of hydrogen-bond donors (Lipinski definition) is 0. The Morgan fingerprint density at radius 1 is 1.48 bits per heavy atom. The fourth-order valence-electron chi connectivity index (χ4n) is 2.97. The number of carbonyl (C=O) groups excluding carboxylic acids is 1. The molecule has 126 valence electrons. The Morgan fingerprint density at radius 3 is 2.78 bits per heavy atom. The van der Waals surface area contributed by atoms with Gasteiger partial charge in [-0.25, -0.2) is 8.42 Å². The maximum atomic E-state index is 13.0. The first-order valence-electron chi connectivity index (χ1n) is 8.07. The van der Waals surface area contributed by atoms with E-state index in [0.29, 0.717) is 24.0 Å². The van der Waals surface area contributed by atoms with Crippen molar-refractivity contribution >= 4 is 21.8 Å². The molecule has 1 fully saturated rings. The number of nitrogens with zero attached hydrogens (tertiary/aromatic N) is 3. The second-order valence-corrected chi connectivity index (χ2v) is 8.60. The molecular formula is C16H23N3O3S. The number of hydrogen-bond acceptors (Lipinski definition) is 4. The molecule has 0 radical (unpaired) electrons. The van der Waals surface area contributed by atoms with Crippen LogP contribution in [0.3, 0.4) is 0 Å². The summed E-state index contributed by atoms with van der Waals surface area (Å²) >= 11 is 0. The van der Waals surface area contributed by atoms with Crippen LogP contribution in [0.5, 0.6) is 0 Å². The van der Waals surface area contributed by atoms with Gasteiger partial charge in [-0.15, -0.1) is 4.40 Å². The van der Waals surface area contributed by atoms with E-state index >= 15 is 0 Å². The van der Waals surface area contributed by atoms with Crippen molar-refractivity contribution in [1.29, 1.82) is 0 Å². The quantitative estimate of drug-likeness (QED) is 0.777. The lowest BCUT2D eigenvalue weighted by Gasteiger charge is -2.33. The topological polar surface area (TPSA) is 70.1 Å². The average Bonchev–Trinajstić information content (AvgIpc) is 3.17. The monoisotopic (exact) mass is 337 g/mol. The van der Waals surface area contributed by atoms with Crippen molar-refractivity contribution in [3.8, 4) is 0 Å². The van der Waals surface area contributed by atoms with Crippen molar-refractivity contribution in [2.24, 2.45) is 16.2 Å². The first kappa shape index (κ1) is 16.2. The van der Waals surface area contributed by atoms with Gasteiger partial charge < -0.3 is 9.80 Å². The van der Waals surface area contributed by atoms with E-state index in [1.807, 2.05) is 18.7 Å². The molecule has 23 heavy (non-hydrogen) atoms. The van der Waals surface area contributed by atoms with Crippen molar-refractivity contribution in [3.05, 3.63) is 23.9 Å². The molecule has 0 N–H and O–H groups in total. The van der Waals surface area contributed by atoms with Gasteiger partial charge in [0, 0.05) is 25.3 Å². The lowest BCUT2D eigenvalue weighted by atomic mass is 10.1. The predicted octanol–water partition coefficient (Wildman–Crippen LogP) is 1.38. The third-order valence-electron chi connectivity index (χ3n) is 4.68.